The highest BCUT2D eigenvalue weighted by molar-refractivity contribution is 8.00. The van der Waals surface area contributed by atoms with E-state index in [9.17, 15) is 9.59 Å². The Bertz CT molecular complexity index is 972. The molecule has 3 heterocycles. The van der Waals surface area contributed by atoms with Crippen LogP contribution in [0.2, 0.25) is 0 Å². The summed E-state index contributed by atoms with van der Waals surface area (Å²) in [7, 11) is 1.67. The molecule has 9 heteroatoms. The third kappa shape index (κ3) is 3.47. The lowest BCUT2D eigenvalue weighted by molar-refractivity contribution is -0.115. The SMILES string of the molecule is CC(Sc1nc2sccc2c(=O)n1C)C(=O)Nc1ccnn1C(C)C. The van der Waals surface area contributed by atoms with Gasteiger partial charge in [0.05, 0.1) is 16.8 Å². The number of thiophene rings is 1. The zero-order valence-electron chi connectivity index (χ0n) is 14.4. The normalized spacial score (nSPS) is 12.7. The Morgan fingerprint density at radius 3 is 2.80 bits per heavy atom. The molecule has 1 unspecified atom stereocenters. The number of hydrogen-bond donors (Lipinski definition) is 1. The highest BCUT2D eigenvalue weighted by Crippen LogP contribution is 2.25. The van der Waals surface area contributed by atoms with E-state index in [4.69, 9.17) is 0 Å². The van der Waals surface area contributed by atoms with E-state index in [0.717, 1.165) is 0 Å². The van der Waals surface area contributed by atoms with Gasteiger partial charge >= 0.3 is 0 Å². The third-order valence-corrected chi connectivity index (χ3v) is 5.68. The van der Waals surface area contributed by atoms with Gasteiger partial charge in [0, 0.05) is 19.2 Å². The van der Waals surface area contributed by atoms with E-state index in [1.807, 2.05) is 19.2 Å². The lowest BCUT2D eigenvalue weighted by Gasteiger charge is -2.15. The number of fused-ring (bicyclic) bond motifs is 1. The Balaban J connectivity index is 1.79. The summed E-state index contributed by atoms with van der Waals surface area (Å²) in [6.07, 6.45) is 1.66. The number of hydrogen-bond acceptors (Lipinski definition) is 6. The van der Waals surface area contributed by atoms with E-state index >= 15 is 0 Å². The molecular weight excluding hydrogens is 358 g/mol. The highest BCUT2D eigenvalue weighted by atomic mass is 32.2. The third-order valence-electron chi connectivity index (χ3n) is 3.73. The number of carbonyl (C=O) groups excluding carboxylic acids is 1. The summed E-state index contributed by atoms with van der Waals surface area (Å²) in [4.78, 5) is 30.1. The Morgan fingerprint density at radius 1 is 1.32 bits per heavy atom. The zero-order chi connectivity index (χ0) is 18.1. The van der Waals surface area contributed by atoms with Crippen LogP contribution >= 0.6 is 23.1 Å². The fourth-order valence-corrected chi connectivity index (χ4v) is 4.03. The van der Waals surface area contributed by atoms with Crippen LogP contribution in [0, 0.1) is 0 Å². The van der Waals surface area contributed by atoms with E-state index in [-0.39, 0.29) is 17.5 Å². The lowest BCUT2D eigenvalue weighted by atomic mass is 10.4. The van der Waals surface area contributed by atoms with Crippen LogP contribution in [0.1, 0.15) is 26.8 Å². The summed E-state index contributed by atoms with van der Waals surface area (Å²) in [6, 6.07) is 3.69. The van der Waals surface area contributed by atoms with Gasteiger partial charge in [-0.25, -0.2) is 9.67 Å². The van der Waals surface area contributed by atoms with Crippen LogP contribution in [-0.4, -0.2) is 30.5 Å². The molecule has 3 rings (SSSR count). The fourth-order valence-electron chi connectivity index (χ4n) is 2.35. The average molecular weight is 377 g/mol. The van der Waals surface area contributed by atoms with Crippen molar-refractivity contribution in [3.8, 4) is 0 Å². The number of aromatic nitrogens is 4. The van der Waals surface area contributed by atoms with E-state index in [0.29, 0.717) is 21.2 Å². The van der Waals surface area contributed by atoms with Gasteiger partial charge in [-0.1, -0.05) is 11.8 Å². The maximum Gasteiger partial charge on any atom is 0.262 e. The molecule has 3 aromatic rings. The molecule has 0 aliphatic heterocycles. The molecule has 7 nitrogen and oxygen atoms in total. The molecule has 0 radical (unpaired) electrons. The van der Waals surface area contributed by atoms with Gasteiger partial charge in [-0.15, -0.1) is 11.3 Å². The summed E-state index contributed by atoms with van der Waals surface area (Å²) in [5, 5.41) is 9.66. The first kappa shape index (κ1) is 17.7. The molecule has 0 aliphatic carbocycles. The zero-order valence-corrected chi connectivity index (χ0v) is 16.0. The van der Waals surface area contributed by atoms with Gasteiger partial charge in [0.1, 0.15) is 10.6 Å². The van der Waals surface area contributed by atoms with E-state index in [1.165, 1.54) is 27.7 Å². The van der Waals surface area contributed by atoms with Crippen LogP contribution in [0.15, 0.2) is 33.7 Å². The van der Waals surface area contributed by atoms with Crippen LogP contribution in [-0.2, 0) is 11.8 Å². The van der Waals surface area contributed by atoms with Gasteiger partial charge in [0.2, 0.25) is 5.91 Å². The maximum atomic E-state index is 12.5. The Morgan fingerprint density at radius 2 is 2.08 bits per heavy atom. The quantitative estimate of drug-likeness (QED) is 0.546. The molecule has 3 aromatic heterocycles. The topological polar surface area (TPSA) is 81.8 Å². The van der Waals surface area contributed by atoms with Gasteiger partial charge in [0.15, 0.2) is 5.16 Å². The largest absolute Gasteiger partial charge is 0.310 e. The number of anilines is 1. The second kappa shape index (κ2) is 7.01. The monoisotopic (exact) mass is 377 g/mol. The molecule has 0 saturated carbocycles. The summed E-state index contributed by atoms with van der Waals surface area (Å²) >= 11 is 2.68. The number of rotatable bonds is 5. The predicted octanol–water partition coefficient (Wildman–Crippen LogP) is 2.89. The van der Waals surface area contributed by atoms with E-state index in [1.54, 1.807) is 37.0 Å². The first-order valence-electron chi connectivity index (χ1n) is 7.83. The number of nitrogens with zero attached hydrogens (tertiary/aromatic N) is 4. The minimum Gasteiger partial charge on any atom is -0.310 e. The molecular formula is C16H19N5O2S2. The number of carbonyl (C=O) groups is 1. The molecule has 132 valence electrons. The van der Waals surface area contributed by atoms with Gasteiger partial charge in [-0.3, -0.25) is 14.2 Å². The molecule has 0 aromatic carbocycles. The number of nitrogens with one attached hydrogen (secondary N) is 1. The van der Waals surface area contributed by atoms with Crippen molar-refractivity contribution < 1.29 is 4.79 Å². The maximum absolute atomic E-state index is 12.5. The van der Waals surface area contributed by atoms with Gasteiger partial charge in [-0.2, -0.15) is 5.10 Å². The van der Waals surface area contributed by atoms with Crippen molar-refractivity contribution in [3.05, 3.63) is 34.1 Å². The second-order valence-electron chi connectivity index (χ2n) is 5.90. The fraction of sp³-hybridized carbons (Fsp3) is 0.375. The smallest absolute Gasteiger partial charge is 0.262 e. The van der Waals surface area contributed by atoms with E-state index < -0.39 is 5.25 Å². The molecule has 0 fully saturated rings. The van der Waals surface area contributed by atoms with Crippen molar-refractivity contribution in [3.63, 3.8) is 0 Å². The van der Waals surface area contributed by atoms with Gasteiger partial charge in [0.25, 0.3) is 5.56 Å². The van der Waals surface area contributed by atoms with Crippen LogP contribution in [0.3, 0.4) is 0 Å². The van der Waals surface area contributed by atoms with Gasteiger partial charge < -0.3 is 5.32 Å². The molecule has 0 bridgehead atoms. The summed E-state index contributed by atoms with van der Waals surface area (Å²) in [5.41, 5.74) is -0.0979. The molecule has 0 aliphatic rings. The van der Waals surface area contributed by atoms with Crippen LogP contribution < -0.4 is 10.9 Å². The Hall–Kier alpha value is -2.13. The summed E-state index contributed by atoms with van der Waals surface area (Å²) in [6.45, 7) is 5.79. The van der Waals surface area contributed by atoms with Crippen molar-refractivity contribution >= 4 is 45.0 Å². The summed E-state index contributed by atoms with van der Waals surface area (Å²) in [5.74, 6) is 0.496. The average Bonchev–Trinajstić information content (AvgIpc) is 3.21. The highest BCUT2D eigenvalue weighted by Gasteiger charge is 2.20. The minimum atomic E-state index is -0.411. The Labute approximate surface area is 153 Å². The standard InChI is InChI=1S/C16H19N5O2S2/c1-9(2)21-12(5-7-17-21)18-13(22)10(3)25-16-19-14-11(6-8-24-14)15(23)20(16)4/h5-10H,1-4H3,(H,18,22). The van der Waals surface area contributed by atoms with E-state index in [2.05, 4.69) is 15.4 Å². The molecule has 1 amide bonds. The van der Waals surface area contributed by atoms with Gasteiger partial charge in [-0.05, 0) is 32.2 Å². The lowest BCUT2D eigenvalue weighted by Crippen LogP contribution is -2.26. The molecule has 0 saturated heterocycles. The predicted molar refractivity (Wildman–Crippen MR) is 101 cm³/mol. The van der Waals surface area contributed by atoms with Crippen LogP contribution in [0.25, 0.3) is 10.2 Å². The van der Waals surface area contributed by atoms with Crippen LogP contribution in [0.4, 0.5) is 5.82 Å². The molecule has 1 N–H and O–H groups in total. The van der Waals surface area contributed by atoms with Crippen molar-refractivity contribution in [2.45, 2.75) is 37.2 Å². The minimum absolute atomic E-state index is 0.0979. The first-order valence-corrected chi connectivity index (χ1v) is 9.59. The second-order valence-corrected chi connectivity index (χ2v) is 8.10. The van der Waals surface area contributed by atoms with Crippen molar-refractivity contribution in [1.82, 2.24) is 19.3 Å². The Kier molecular flexibility index (Phi) is 4.96. The first-order chi connectivity index (χ1) is 11.9. The molecule has 1 atom stereocenters. The van der Waals surface area contributed by atoms with Crippen molar-refractivity contribution in [2.24, 2.45) is 7.05 Å². The van der Waals surface area contributed by atoms with Crippen molar-refractivity contribution in [1.29, 1.82) is 0 Å². The molecule has 25 heavy (non-hydrogen) atoms. The van der Waals surface area contributed by atoms with Crippen LogP contribution in [0.5, 0.6) is 0 Å². The number of amides is 1. The van der Waals surface area contributed by atoms with Crippen molar-refractivity contribution in [2.75, 3.05) is 5.32 Å². The molecule has 0 spiro atoms. The number of thioether (sulfide) groups is 1. The summed E-state index contributed by atoms with van der Waals surface area (Å²) < 4.78 is 3.24.